The standard InChI is InChI=1S/C9H16O2S/c1-8(11-9(2)10)6-4-5-7-12-3/h4,6,8H,5,7H2,1-3H3/b6-4+. The summed E-state index contributed by atoms with van der Waals surface area (Å²) in [5.41, 5.74) is 0. The Balaban J connectivity index is 3.46. The van der Waals surface area contributed by atoms with Gasteiger partial charge in [0.25, 0.3) is 0 Å². The van der Waals surface area contributed by atoms with Crippen LogP contribution in [0.3, 0.4) is 0 Å². The molecule has 0 N–H and O–H groups in total. The molecule has 0 fully saturated rings. The van der Waals surface area contributed by atoms with Crippen LogP contribution in [0.2, 0.25) is 0 Å². The molecule has 0 spiro atoms. The van der Waals surface area contributed by atoms with Gasteiger partial charge < -0.3 is 4.74 Å². The molecular weight excluding hydrogens is 172 g/mol. The summed E-state index contributed by atoms with van der Waals surface area (Å²) in [6, 6.07) is 0. The summed E-state index contributed by atoms with van der Waals surface area (Å²) in [6.07, 6.45) is 6.97. The third-order valence-electron chi connectivity index (χ3n) is 1.25. The number of thioether (sulfide) groups is 1. The lowest BCUT2D eigenvalue weighted by atomic mass is 10.3. The first-order valence-corrected chi connectivity index (χ1v) is 5.39. The van der Waals surface area contributed by atoms with Gasteiger partial charge in [-0.1, -0.05) is 6.08 Å². The van der Waals surface area contributed by atoms with Crippen LogP contribution in [0.5, 0.6) is 0 Å². The maximum Gasteiger partial charge on any atom is 0.303 e. The fourth-order valence-electron chi connectivity index (χ4n) is 0.775. The first-order valence-electron chi connectivity index (χ1n) is 3.99. The number of carbonyl (C=O) groups excluding carboxylic acids is 1. The van der Waals surface area contributed by atoms with E-state index in [9.17, 15) is 4.79 Å². The second-order valence-electron chi connectivity index (χ2n) is 2.52. The van der Waals surface area contributed by atoms with Crippen LogP contribution in [0, 0.1) is 0 Å². The molecule has 0 heterocycles. The summed E-state index contributed by atoms with van der Waals surface area (Å²) in [5, 5.41) is 0. The topological polar surface area (TPSA) is 26.3 Å². The van der Waals surface area contributed by atoms with Gasteiger partial charge >= 0.3 is 5.97 Å². The predicted molar refractivity (Wildman–Crippen MR) is 53.4 cm³/mol. The number of hydrogen-bond donors (Lipinski definition) is 0. The van der Waals surface area contributed by atoms with E-state index in [1.165, 1.54) is 6.92 Å². The second-order valence-corrected chi connectivity index (χ2v) is 3.51. The maximum atomic E-state index is 10.5. The summed E-state index contributed by atoms with van der Waals surface area (Å²) in [7, 11) is 0. The lowest BCUT2D eigenvalue weighted by Gasteiger charge is -2.05. The maximum absolute atomic E-state index is 10.5. The Morgan fingerprint density at radius 1 is 1.67 bits per heavy atom. The highest BCUT2D eigenvalue weighted by Crippen LogP contribution is 1.99. The Morgan fingerprint density at radius 3 is 2.83 bits per heavy atom. The second kappa shape index (κ2) is 7.22. The van der Waals surface area contributed by atoms with Crippen molar-refractivity contribution in [2.75, 3.05) is 12.0 Å². The van der Waals surface area contributed by atoms with Crippen molar-refractivity contribution in [1.82, 2.24) is 0 Å². The van der Waals surface area contributed by atoms with Gasteiger partial charge in [-0.15, -0.1) is 0 Å². The van der Waals surface area contributed by atoms with E-state index in [4.69, 9.17) is 4.74 Å². The van der Waals surface area contributed by atoms with Crippen molar-refractivity contribution in [2.45, 2.75) is 26.4 Å². The molecule has 0 amide bonds. The van der Waals surface area contributed by atoms with Crippen LogP contribution in [0.4, 0.5) is 0 Å². The zero-order chi connectivity index (χ0) is 9.40. The van der Waals surface area contributed by atoms with Crippen molar-refractivity contribution in [3.63, 3.8) is 0 Å². The summed E-state index contributed by atoms with van der Waals surface area (Å²) in [6.45, 7) is 3.28. The lowest BCUT2D eigenvalue weighted by Crippen LogP contribution is -2.08. The van der Waals surface area contributed by atoms with E-state index in [-0.39, 0.29) is 12.1 Å². The zero-order valence-corrected chi connectivity index (χ0v) is 8.69. The number of hydrogen-bond acceptors (Lipinski definition) is 3. The number of allylic oxidation sites excluding steroid dienone is 1. The zero-order valence-electron chi connectivity index (χ0n) is 7.87. The summed E-state index contributed by atoms with van der Waals surface area (Å²) >= 11 is 1.81. The van der Waals surface area contributed by atoms with Crippen LogP contribution >= 0.6 is 11.8 Å². The van der Waals surface area contributed by atoms with E-state index in [0.717, 1.165) is 12.2 Å². The Labute approximate surface area is 78.4 Å². The molecule has 0 saturated carbocycles. The van der Waals surface area contributed by atoms with Crippen LogP contribution in [0.15, 0.2) is 12.2 Å². The number of ether oxygens (including phenoxy) is 1. The van der Waals surface area contributed by atoms with E-state index >= 15 is 0 Å². The molecule has 0 radical (unpaired) electrons. The van der Waals surface area contributed by atoms with Crippen LogP contribution in [0.1, 0.15) is 20.3 Å². The quantitative estimate of drug-likeness (QED) is 0.376. The summed E-state index contributed by atoms with van der Waals surface area (Å²) in [5.74, 6) is 0.889. The molecule has 0 aliphatic heterocycles. The minimum atomic E-state index is -0.225. The van der Waals surface area contributed by atoms with Crippen LogP contribution in [0.25, 0.3) is 0 Å². The third-order valence-corrected chi connectivity index (χ3v) is 1.89. The third kappa shape index (κ3) is 7.66. The van der Waals surface area contributed by atoms with Gasteiger partial charge in [0, 0.05) is 6.92 Å². The minimum Gasteiger partial charge on any atom is -0.459 e. The average molecular weight is 188 g/mol. The number of esters is 1. The van der Waals surface area contributed by atoms with Gasteiger partial charge in [-0.2, -0.15) is 11.8 Å². The van der Waals surface area contributed by atoms with Crippen LogP contribution in [-0.2, 0) is 9.53 Å². The van der Waals surface area contributed by atoms with Gasteiger partial charge in [0.15, 0.2) is 0 Å². The molecule has 0 aromatic rings. The van der Waals surface area contributed by atoms with Gasteiger partial charge in [-0.3, -0.25) is 4.79 Å². The van der Waals surface area contributed by atoms with Crippen molar-refractivity contribution in [1.29, 1.82) is 0 Å². The summed E-state index contributed by atoms with van der Waals surface area (Å²) in [4.78, 5) is 10.5. The molecule has 0 bridgehead atoms. The number of carbonyl (C=O) groups is 1. The smallest absolute Gasteiger partial charge is 0.303 e. The predicted octanol–water partition coefficient (Wildman–Crippen LogP) is 2.25. The molecule has 0 aliphatic carbocycles. The molecule has 1 unspecified atom stereocenters. The molecule has 1 atom stereocenters. The van der Waals surface area contributed by atoms with Crippen LogP contribution < -0.4 is 0 Å². The highest BCUT2D eigenvalue weighted by Gasteiger charge is 1.98. The van der Waals surface area contributed by atoms with Gasteiger partial charge in [-0.25, -0.2) is 0 Å². The Bertz CT molecular complexity index is 155. The normalized spacial score (nSPS) is 13.2. The molecule has 12 heavy (non-hydrogen) atoms. The molecule has 0 rings (SSSR count). The van der Waals surface area contributed by atoms with Crippen molar-refractivity contribution >= 4 is 17.7 Å². The fourth-order valence-corrected chi connectivity index (χ4v) is 1.15. The van der Waals surface area contributed by atoms with Crippen molar-refractivity contribution < 1.29 is 9.53 Å². The van der Waals surface area contributed by atoms with Gasteiger partial charge in [0.05, 0.1) is 0 Å². The summed E-state index contributed by atoms with van der Waals surface area (Å²) < 4.78 is 4.90. The van der Waals surface area contributed by atoms with E-state index in [1.807, 2.05) is 30.8 Å². The largest absolute Gasteiger partial charge is 0.459 e. The van der Waals surface area contributed by atoms with Crippen LogP contribution in [-0.4, -0.2) is 24.1 Å². The van der Waals surface area contributed by atoms with E-state index in [2.05, 4.69) is 6.26 Å². The number of rotatable bonds is 5. The first-order chi connectivity index (χ1) is 5.66. The molecule has 3 heteroatoms. The minimum absolute atomic E-state index is 0.0932. The molecular formula is C9H16O2S. The Kier molecular flexibility index (Phi) is 6.96. The van der Waals surface area contributed by atoms with E-state index in [0.29, 0.717) is 0 Å². The fraction of sp³-hybridized carbons (Fsp3) is 0.667. The Hall–Kier alpha value is -0.440. The van der Waals surface area contributed by atoms with Gasteiger partial charge in [0.2, 0.25) is 0 Å². The lowest BCUT2D eigenvalue weighted by molar-refractivity contribution is -0.143. The first kappa shape index (κ1) is 11.6. The van der Waals surface area contributed by atoms with Gasteiger partial charge in [-0.05, 0) is 31.4 Å². The molecule has 0 saturated heterocycles. The van der Waals surface area contributed by atoms with Gasteiger partial charge in [0.1, 0.15) is 6.10 Å². The monoisotopic (exact) mass is 188 g/mol. The van der Waals surface area contributed by atoms with E-state index < -0.39 is 0 Å². The van der Waals surface area contributed by atoms with E-state index in [1.54, 1.807) is 0 Å². The molecule has 0 aromatic carbocycles. The SMILES string of the molecule is CSCC/C=C/C(C)OC(C)=O. The average Bonchev–Trinajstić information content (AvgIpc) is 1.97. The van der Waals surface area contributed by atoms with Crippen molar-refractivity contribution in [3.05, 3.63) is 12.2 Å². The highest BCUT2D eigenvalue weighted by atomic mass is 32.2. The molecule has 2 nitrogen and oxygen atoms in total. The Morgan fingerprint density at radius 2 is 2.33 bits per heavy atom. The van der Waals surface area contributed by atoms with Crippen molar-refractivity contribution in [2.24, 2.45) is 0 Å². The highest BCUT2D eigenvalue weighted by molar-refractivity contribution is 7.98. The molecule has 70 valence electrons. The molecule has 0 aliphatic rings. The van der Waals surface area contributed by atoms with Crippen molar-refractivity contribution in [3.8, 4) is 0 Å². The molecule has 0 aromatic heterocycles.